The maximum Gasteiger partial charge on any atom is 0.439 e. The predicted molar refractivity (Wildman–Crippen MR) is 81.8 cm³/mol. The standard InChI is InChI=1S/C15H14N4O3/c1-8-5-4-6-9(7-8)11-10-12(17-14(21)16-11)18(2)15(22)19(3)13(10)20/h4-7H,1-3H3,(H,16,17,21)/p+1. The number of benzene rings is 1. The Bertz CT molecular complexity index is 1070. The number of H-pyrrole nitrogens is 2. The van der Waals surface area contributed by atoms with E-state index in [0.29, 0.717) is 11.3 Å². The monoisotopic (exact) mass is 299 g/mol. The lowest BCUT2D eigenvalue weighted by Crippen LogP contribution is -2.43. The van der Waals surface area contributed by atoms with Crippen LogP contribution in [0.2, 0.25) is 0 Å². The molecule has 2 heterocycles. The zero-order chi connectivity index (χ0) is 16.0. The fourth-order valence-electron chi connectivity index (χ4n) is 2.55. The van der Waals surface area contributed by atoms with Gasteiger partial charge in [0.05, 0.1) is 7.05 Å². The maximum absolute atomic E-state index is 12.5. The molecule has 7 nitrogen and oxygen atoms in total. The molecule has 0 atom stereocenters. The highest BCUT2D eigenvalue weighted by atomic mass is 16.2. The first-order valence-electron chi connectivity index (χ1n) is 6.72. The van der Waals surface area contributed by atoms with E-state index < -0.39 is 16.9 Å². The van der Waals surface area contributed by atoms with Gasteiger partial charge in [-0.3, -0.25) is 4.79 Å². The SMILES string of the molecule is Cc1cccc(-c2[nH]c(=O)[nH+]c3c2c(=O)n(C)c(=O)n3C)c1. The van der Waals surface area contributed by atoms with Gasteiger partial charge in [0.2, 0.25) is 5.65 Å². The van der Waals surface area contributed by atoms with Crippen molar-refractivity contribution in [2.24, 2.45) is 14.1 Å². The van der Waals surface area contributed by atoms with Gasteiger partial charge in [-0.05, 0) is 13.0 Å². The summed E-state index contributed by atoms with van der Waals surface area (Å²) in [5, 5.41) is 0.273. The summed E-state index contributed by atoms with van der Waals surface area (Å²) in [5.41, 5.74) is 0.892. The second-order valence-corrected chi connectivity index (χ2v) is 5.25. The van der Waals surface area contributed by atoms with Crippen molar-refractivity contribution in [1.82, 2.24) is 14.1 Å². The zero-order valence-electron chi connectivity index (χ0n) is 12.4. The molecule has 0 spiro atoms. The summed E-state index contributed by atoms with van der Waals surface area (Å²) in [7, 11) is 2.93. The van der Waals surface area contributed by atoms with Crippen LogP contribution in [0, 0.1) is 6.92 Å². The first kappa shape index (κ1) is 14.0. The van der Waals surface area contributed by atoms with E-state index in [-0.39, 0.29) is 11.0 Å². The minimum absolute atomic E-state index is 0.202. The first-order chi connectivity index (χ1) is 10.4. The van der Waals surface area contributed by atoms with E-state index >= 15 is 0 Å². The highest BCUT2D eigenvalue weighted by Gasteiger charge is 2.20. The summed E-state index contributed by atoms with van der Waals surface area (Å²) >= 11 is 0. The molecule has 0 radical (unpaired) electrons. The molecule has 0 amide bonds. The van der Waals surface area contributed by atoms with E-state index in [1.54, 1.807) is 0 Å². The van der Waals surface area contributed by atoms with Crippen LogP contribution in [0.4, 0.5) is 0 Å². The molecule has 0 aliphatic carbocycles. The molecule has 0 saturated carbocycles. The lowest BCUT2D eigenvalue weighted by molar-refractivity contribution is -0.374. The first-order valence-corrected chi connectivity index (χ1v) is 6.72. The van der Waals surface area contributed by atoms with Crippen molar-refractivity contribution in [3.8, 4) is 11.3 Å². The lowest BCUT2D eigenvalue weighted by atomic mass is 10.1. The Labute approximate surface area is 124 Å². The Morgan fingerprint density at radius 2 is 1.82 bits per heavy atom. The average molecular weight is 299 g/mol. The Kier molecular flexibility index (Phi) is 3.05. The van der Waals surface area contributed by atoms with Gasteiger partial charge in [0, 0.05) is 12.6 Å². The van der Waals surface area contributed by atoms with Crippen LogP contribution in [0.3, 0.4) is 0 Å². The van der Waals surface area contributed by atoms with Gasteiger partial charge in [-0.1, -0.05) is 23.8 Å². The van der Waals surface area contributed by atoms with Crippen molar-refractivity contribution in [2.75, 3.05) is 0 Å². The van der Waals surface area contributed by atoms with E-state index in [9.17, 15) is 14.4 Å². The largest absolute Gasteiger partial charge is 0.439 e. The van der Waals surface area contributed by atoms with Crippen molar-refractivity contribution >= 4 is 11.0 Å². The number of nitrogens with zero attached hydrogens (tertiary/aromatic N) is 2. The number of aromatic amines is 2. The number of nitrogens with one attached hydrogen (secondary N) is 2. The second-order valence-electron chi connectivity index (χ2n) is 5.25. The number of fused-ring (bicyclic) bond motifs is 1. The van der Waals surface area contributed by atoms with Crippen molar-refractivity contribution in [2.45, 2.75) is 6.92 Å². The Balaban J connectivity index is 2.59. The third kappa shape index (κ3) is 1.98. The van der Waals surface area contributed by atoms with Crippen LogP contribution in [-0.4, -0.2) is 14.1 Å². The third-order valence-electron chi connectivity index (χ3n) is 3.69. The molecule has 0 aliphatic heterocycles. The van der Waals surface area contributed by atoms with Gasteiger partial charge < -0.3 is 0 Å². The third-order valence-corrected chi connectivity index (χ3v) is 3.69. The molecular weight excluding hydrogens is 284 g/mol. The van der Waals surface area contributed by atoms with Crippen LogP contribution >= 0.6 is 0 Å². The van der Waals surface area contributed by atoms with E-state index in [0.717, 1.165) is 10.1 Å². The highest BCUT2D eigenvalue weighted by Crippen LogP contribution is 2.21. The van der Waals surface area contributed by atoms with E-state index in [4.69, 9.17) is 0 Å². The maximum atomic E-state index is 12.5. The van der Waals surface area contributed by atoms with Crippen molar-refractivity contribution < 1.29 is 4.98 Å². The van der Waals surface area contributed by atoms with Crippen molar-refractivity contribution in [3.63, 3.8) is 0 Å². The fourth-order valence-corrected chi connectivity index (χ4v) is 2.55. The lowest BCUT2D eigenvalue weighted by Gasteiger charge is -2.06. The van der Waals surface area contributed by atoms with Crippen LogP contribution in [0.25, 0.3) is 22.3 Å². The normalized spacial score (nSPS) is 11.0. The fraction of sp³-hybridized carbons (Fsp3) is 0.200. The number of hydrogen-bond acceptors (Lipinski definition) is 3. The van der Waals surface area contributed by atoms with Gasteiger partial charge in [-0.2, -0.15) is 0 Å². The van der Waals surface area contributed by atoms with Crippen LogP contribution < -0.4 is 21.9 Å². The van der Waals surface area contributed by atoms with E-state index in [2.05, 4.69) is 9.97 Å². The van der Waals surface area contributed by atoms with Gasteiger partial charge >= 0.3 is 11.4 Å². The summed E-state index contributed by atoms with van der Waals surface area (Å²) < 4.78 is 2.28. The van der Waals surface area contributed by atoms with Crippen LogP contribution in [0.5, 0.6) is 0 Å². The van der Waals surface area contributed by atoms with Crippen molar-refractivity contribution in [3.05, 3.63) is 61.2 Å². The van der Waals surface area contributed by atoms with E-state index in [1.807, 2.05) is 31.2 Å². The topological polar surface area (TPSA) is 91.0 Å². The molecular formula is C15H15N4O3+. The molecule has 0 saturated heterocycles. The average Bonchev–Trinajstić information content (AvgIpc) is 2.50. The molecule has 112 valence electrons. The minimum atomic E-state index is -0.491. The van der Waals surface area contributed by atoms with Gasteiger partial charge in [0.25, 0.3) is 5.56 Å². The molecule has 2 aromatic heterocycles. The van der Waals surface area contributed by atoms with Gasteiger partial charge in [-0.25, -0.2) is 28.7 Å². The Morgan fingerprint density at radius 3 is 2.50 bits per heavy atom. The Morgan fingerprint density at radius 1 is 1.09 bits per heavy atom. The number of rotatable bonds is 1. The van der Waals surface area contributed by atoms with Gasteiger partial charge in [0.15, 0.2) is 5.39 Å². The molecule has 0 bridgehead atoms. The second kappa shape index (κ2) is 4.80. The molecule has 22 heavy (non-hydrogen) atoms. The molecule has 0 aliphatic rings. The molecule has 2 N–H and O–H groups in total. The van der Waals surface area contributed by atoms with Crippen LogP contribution in [0.1, 0.15) is 5.56 Å². The highest BCUT2D eigenvalue weighted by molar-refractivity contribution is 5.87. The molecule has 0 fully saturated rings. The number of aryl methyl sites for hydroxylation is 2. The van der Waals surface area contributed by atoms with Crippen LogP contribution in [0.15, 0.2) is 38.6 Å². The van der Waals surface area contributed by atoms with Crippen molar-refractivity contribution in [1.29, 1.82) is 0 Å². The summed E-state index contributed by atoms with van der Waals surface area (Å²) in [4.78, 5) is 41.6. The number of aromatic nitrogens is 4. The minimum Gasteiger partial charge on any atom is -0.268 e. The summed E-state index contributed by atoms with van der Waals surface area (Å²) in [6.07, 6.45) is 0. The molecule has 1 aromatic carbocycles. The predicted octanol–water partition coefficient (Wildman–Crippen LogP) is -0.285. The van der Waals surface area contributed by atoms with Gasteiger partial charge in [-0.15, -0.1) is 0 Å². The smallest absolute Gasteiger partial charge is 0.268 e. The molecule has 7 heteroatoms. The molecule has 3 rings (SSSR count). The quantitative estimate of drug-likeness (QED) is 0.669. The van der Waals surface area contributed by atoms with Gasteiger partial charge in [0.1, 0.15) is 5.69 Å². The number of hydrogen-bond donors (Lipinski definition) is 1. The Hall–Kier alpha value is -2.96. The molecule has 0 unspecified atom stereocenters. The zero-order valence-corrected chi connectivity index (χ0v) is 12.4. The summed E-state index contributed by atoms with van der Waals surface area (Å²) in [6.45, 7) is 1.92. The molecule has 3 aromatic rings. The van der Waals surface area contributed by atoms with Crippen LogP contribution in [-0.2, 0) is 14.1 Å². The summed E-state index contributed by atoms with van der Waals surface area (Å²) in [5.74, 6) is 0. The van der Waals surface area contributed by atoms with E-state index in [1.165, 1.54) is 18.7 Å². The summed E-state index contributed by atoms with van der Waals surface area (Å²) in [6, 6.07) is 7.45.